The molecule has 0 amide bonds. The molecular formula is C29H52NO3+. The Kier molecular flexibility index (Phi) is 7.30. The second-order valence-corrected chi connectivity index (χ2v) is 14.1. The zero-order valence-corrected chi connectivity index (χ0v) is 22.4. The molecule has 0 aromatic heterocycles. The highest BCUT2D eigenvalue weighted by Crippen LogP contribution is 2.68. The van der Waals surface area contributed by atoms with Crippen molar-refractivity contribution in [2.24, 2.45) is 46.3 Å². The zero-order chi connectivity index (χ0) is 24.0. The number of esters is 1. The maximum Gasteiger partial charge on any atom is 0.306 e. The molecule has 33 heavy (non-hydrogen) atoms. The molecule has 4 aliphatic rings. The second-order valence-electron chi connectivity index (χ2n) is 14.1. The number of rotatable bonds is 7. The first-order chi connectivity index (χ1) is 15.4. The predicted molar refractivity (Wildman–Crippen MR) is 133 cm³/mol. The number of carbonyl (C=O) groups is 1. The summed E-state index contributed by atoms with van der Waals surface area (Å²) >= 11 is 0. The van der Waals surface area contributed by atoms with Gasteiger partial charge in [-0.3, -0.25) is 4.79 Å². The van der Waals surface area contributed by atoms with Gasteiger partial charge >= 0.3 is 5.97 Å². The van der Waals surface area contributed by atoms with Gasteiger partial charge in [0.1, 0.15) is 13.2 Å². The number of likely N-dealkylation sites (N-methyl/N-ethyl adjacent to an activating group) is 1. The molecule has 0 radical (unpaired) electrons. The van der Waals surface area contributed by atoms with Gasteiger partial charge in [0, 0.05) is 6.42 Å². The molecule has 0 saturated heterocycles. The van der Waals surface area contributed by atoms with Crippen molar-refractivity contribution in [3.63, 3.8) is 0 Å². The van der Waals surface area contributed by atoms with Gasteiger partial charge in [-0.2, -0.15) is 0 Å². The van der Waals surface area contributed by atoms with Crippen molar-refractivity contribution in [2.75, 3.05) is 34.3 Å². The monoisotopic (exact) mass is 462 g/mol. The Balaban J connectivity index is 1.34. The highest BCUT2D eigenvalue weighted by Gasteiger charge is 2.60. The molecule has 0 aromatic carbocycles. The fraction of sp³-hybridized carbons (Fsp3) is 0.966. The summed E-state index contributed by atoms with van der Waals surface area (Å²) in [6.07, 6.45) is 13.0. The van der Waals surface area contributed by atoms with Crippen LogP contribution in [0.3, 0.4) is 0 Å². The summed E-state index contributed by atoms with van der Waals surface area (Å²) < 4.78 is 6.36. The number of carbonyl (C=O) groups excluding carboxylic acids is 1. The number of hydrogen-bond donors (Lipinski definition) is 1. The summed E-state index contributed by atoms with van der Waals surface area (Å²) in [5.41, 5.74) is 0.911. The minimum Gasteiger partial charge on any atom is -0.460 e. The minimum absolute atomic E-state index is 0.00978. The van der Waals surface area contributed by atoms with E-state index >= 15 is 0 Å². The van der Waals surface area contributed by atoms with E-state index in [1.165, 1.54) is 44.9 Å². The van der Waals surface area contributed by atoms with E-state index in [9.17, 15) is 9.90 Å². The van der Waals surface area contributed by atoms with Gasteiger partial charge in [0.15, 0.2) is 0 Å². The molecule has 190 valence electrons. The van der Waals surface area contributed by atoms with Gasteiger partial charge in [-0.1, -0.05) is 20.8 Å². The lowest BCUT2D eigenvalue weighted by atomic mass is 9.44. The summed E-state index contributed by atoms with van der Waals surface area (Å²) in [4.78, 5) is 12.3. The average molecular weight is 463 g/mol. The van der Waals surface area contributed by atoms with Gasteiger partial charge in [0.25, 0.3) is 0 Å². The van der Waals surface area contributed by atoms with Crippen LogP contribution in [-0.2, 0) is 9.53 Å². The number of quaternary nitrogens is 1. The summed E-state index contributed by atoms with van der Waals surface area (Å²) in [5, 5.41) is 10.3. The number of fused-ring (bicyclic) bond motifs is 5. The van der Waals surface area contributed by atoms with Gasteiger partial charge in [-0.15, -0.1) is 0 Å². The second kappa shape index (κ2) is 9.45. The molecule has 4 heteroatoms. The first-order valence-electron chi connectivity index (χ1n) is 14.1. The Labute approximate surface area is 203 Å². The van der Waals surface area contributed by atoms with E-state index in [2.05, 4.69) is 41.9 Å². The van der Waals surface area contributed by atoms with E-state index in [1.807, 2.05) is 0 Å². The molecule has 1 N–H and O–H groups in total. The summed E-state index contributed by atoms with van der Waals surface area (Å²) in [7, 11) is 6.39. The molecule has 4 aliphatic carbocycles. The predicted octanol–water partition coefficient (Wildman–Crippen LogP) is 5.67. The van der Waals surface area contributed by atoms with Crippen molar-refractivity contribution < 1.29 is 19.1 Å². The molecule has 4 rings (SSSR count). The van der Waals surface area contributed by atoms with Gasteiger partial charge in [-0.25, -0.2) is 0 Å². The van der Waals surface area contributed by atoms with Crippen molar-refractivity contribution in [1.29, 1.82) is 0 Å². The SMILES string of the molecule is CC(CCC(=O)OCC[N+](C)(C)C)[C@H]1CC[C@H]2[C@@H]3CCC4C[C@H](O)CC[C@]4(C)[C@H]3CC[C@]12C. The van der Waals surface area contributed by atoms with E-state index in [0.717, 1.165) is 59.9 Å². The molecule has 0 spiro atoms. The third-order valence-electron chi connectivity index (χ3n) is 11.2. The highest BCUT2D eigenvalue weighted by molar-refractivity contribution is 5.69. The van der Waals surface area contributed by atoms with Gasteiger partial charge in [-0.05, 0) is 111 Å². The molecule has 4 nitrogen and oxygen atoms in total. The molecule has 4 fully saturated rings. The van der Waals surface area contributed by atoms with Crippen LogP contribution < -0.4 is 0 Å². The smallest absolute Gasteiger partial charge is 0.306 e. The van der Waals surface area contributed by atoms with Crippen molar-refractivity contribution >= 4 is 5.97 Å². The maximum atomic E-state index is 12.3. The van der Waals surface area contributed by atoms with Crippen molar-refractivity contribution in [3.05, 3.63) is 0 Å². The lowest BCUT2D eigenvalue weighted by molar-refractivity contribution is -0.870. The molecule has 0 aliphatic heterocycles. The molecule has 9 atom stereocenters. The number of hydrogen-bond acceptors (Lipinski definition) is 3. The van der Waals surface area contributed by atoms with Gasteiger partial charge in [0.05, 0.1) is 27.2 Å². The van der Waals surface area contributed by atoms with E-state index in [-0.39, 0.29) is 12.1 Å². The summed E-state index contributed by atoms with van der Waals surface area (Å²) in [6.45, 7) is 9.00. The van der Waals surface area contributed by atoms with Crippen molar-refractivity contribution in [1.82, 2.24) is 0 Å². The average Bonchev–Trinajstić information content (AvgIpc) is 3.09. The first-order valence-corrected chi connectivity index (χ1v) is 14.1. The Morgan fingerprint density at radius 2 is 1.70 bits per heavy atom. The van der Waals surface area contributed by atoms with E-state index < -0.39 is 0 Å². The van der Waals surface area contributed by atoms with E-state index in [1.54, 1.807) is 0 Å². The van der Waals surface area contributed by atoms with Crippen molar-refractivity contribution in [3.8, 4) is 0 Å². The Hall–Kier alpha value is -0.610. The normalized spacial score (nSPS) is 43.8. The minimum atomic E-state index is -0.0515. The van der Waals surface area contributed by atoms with Crippen LogP contribution in [0.1, 0.15) is 91.4 Å². The largest absolute Gasteiger partial charge is 0.460 e. The molecule has 0 heterocycles. The van der Waals surface area contributed by atoms with Crippen LogP contribution in [0, 0.1) is 46.3 Å². The Morgan fingerprint density at radius 3 is 2.42 bits per heavy atom. The topological polar surface area (TPSA) is 46.5 Å². The standard InChI is InChI=1S/C29H52NO3/c1-20(7-12-27(32)33-18-17-30(4,5)6)24-10-11-25-23-9-8-21-19-22(31)13-15-28(21,2)26(23)14-16-29(24,25)3/h20-26,31H,7-19H2,1-6H3/q+1/t20?,21?,22-,23+,24-,25+,26+,28+,29-/m1/s1. The van der Waals surface area contributed by atoms with Crippen LogP contribution >= 0.6 is 0 Å². The van der Waals surface area contributed by atoms with Crippen molar-refractivity contribution in [2.45, 2.75) is 97.5 Å². The number of nitrogens with zero attached hydrogens (tertiary/aromatic N) is 1. The van der Waals surface area contributed by atoms with Gasteiger partial charge < -0.3 is 14.3 Å². The third kappa shape index (κ3) is 5.03. The molecule has 0 bridgehead atoms. The van der Waals surface area contributed by atoms with Crippen LogP contribution in [0.4, 0.5) is 0 Å². The number of ether oxygens (including phenoxy) is 1. The molecule has 4 saturated carbocycles. The fourth-order valence-electron chi connectivity index (χ4n) is 9.26. The highest BCUT2D eigenvalue weighted by atomic mass is 16.5. The molecular weight excluding hydrogens is 410 g/mol. The Bertz CT molecular complexity index is 701. The third-order valence-corrected chi connectivity index (χ3v) is 11.2. The van der Waals surface area contributed by atoms with Crippen LogP contribution in [0.2, 0.25) is 0 Å². The number of aliphatic hydroxyl groups is 1. The Morgan fingerprint density at radius 1 is 1.00 bits per heavy atom. The lowest BCUT2D eigenvalue weighted by Gasteiger charge is -2.61. The van der Waals surface area contributed by atoms with Crippen LogP contribution in [0.5, 0.6) is 0 Å². The summed E-state index contributed by atoms with van der Waals surface area (Å²) in [6, 6.07) is 0. The van der Waals surface area contributed by atoms with E-state index in [0.29, 0.717) is 29.8 Å². The fourth-order valence-corrected chi connectivity index (χ4v) is 9.26. The first kappa shape index (κ1) is 25.5. The zero-order valence-electron chi connectivity index (χ0n) is 22.4. The molecule has 2 unspecified atom stereocenters. The summed E-state index contributed by atoms with van der Waals surface area (Å²) in [5.74, 6) is 4.70. The van der Waals surface area contributed by atoms with Gasteiger partial charge in [0.2, 0.25) is 0 Å². The quantitative estimate of drug-likeness (QED) is 0.391. The lowest BCUT2D eigenvalue weighted by Crippen LogP contribution is -2.54. The van der Waals surface area contributed by atoms with Crippen LogP contribution in [0.25, 0.3) is 0 Å². The molecule has 0 aromatic rings. The van der Waals surface area contributed by atoms with Crippen LogP contribution in [0.15, 0.2) is 0 Å². The van der Waals surface area contributed by atoms with E-state index in [4.69, 9.17) is 4.74 Å². The van der Waals surface area contributed by atoms with Crippen LogP contribution in [-0.4, -0.2) is 56.0 Å². The maximum absolute atomic E-state index is 12.3. The number of aliphatic hydroxyl groups excluding tert-OH is 1.